The first-order valence-corrected chi connectivity index (χ1v) is 11.1. The van der Waals surface area contributed by atoms with Gasteiger partial charge in [-0.15, -0.1) is 0 Å². The Bertz CT molecular complexity index is 1050. The second-order valence-electron chi connectivity index (χ2n) is 7.48. The Labute approximate surface area is 185 Å². The summed E-state index contributed by atoms with van der Waals surface area (Å²) in [7, 11) is 3.10. The van der Waals surface area contributed by atoms with Crippen molar-refractivity contribution in [2.45, 2.75) is 31.3 Å². The molecule has 162 valence electrons. The van der Waals surface area contributed by atoms with Crippen LogP contribution in [0.25, 0.3) is 0 Å². The Morgan fingerprint density at radius 1 is 1.10 bits per heavy atom. The Balaban J connectivity index is 1.47. The minimum absolute atomic E-state index is 0.164. The molecule has 1 aliphatic carbocycles. The standard InChI is InChI=1S/C23H24FN3O3S/c1-29-18-9-8-17(13-19(18)30-2)25-20(28)14-31-22-21(15-6-5-7-16(24)12-15)26-23(27-22)10-3-4-11-23/h5-9,12-13H,3-4,10-11,14H2,1-2H3,(H,25,28). The second-order valence-corrected chi connectivity index (χ2v) is 8.45. The lowest BCUT2D eigenvalue weighted by molar-refractivity contribution is -0.113. The molecule has 1 saturated carbocycles. The number of nitrogens with one attached hydrogen (secondary N) is 1. The van der Waals surface area contributed by atoms with Crippen LogP contribution in [0, 0.1) is 5.82 Å². The Hall–Kier alpha value is -2.87. The molecule has 2 aromatic rings. The van der Waals surface area contributed by atoms with Crippen LogP contribution >= 0.6 is 11.8 Å². The molecule has 31 heavy (non-hydrogen) atoms. The third-order valence-electron chi connectivity index (χ3n) is 5.34. The van der Waals surface area contributed by atoms with E-state index < -0.39 is 5.66 Å². The zero-order valence-electron chi connectivity index (χ0n) is 17.5. The number of halogens is 1. The van der Waals surface area contributed by atoms with Gasteiger partial charge in [-0.2, -0.15) is 0 Å². The Morgan fingerprint density at radius 2 is 1.87 bits per heavy atom. The number of carbonyl (C=O) groups excluding carboxylic acids is 1. The Morgan fingerprint density at radius 3 is 2.58 bits per heavy atom. The molecule has 0 radical (unpaired) electrons. The number of hydrogen-bond acceptors (Lipinski definition) is 6. The SMILES string of the molecule is COc1ccc(NC(=O)CSC2=NC3(CCCC3)N=C2c2cccc(F)c2)cc1OC. The van der Waals surface area contributed by atoms with E-state index in [0.29, 0.717) is 33.5 Å². The van der Waals surface area contributed by atoms with Gasteiger partial charge in [0.1, 0.15) is 10.9 Å². The smallest absolute Gasteiger partial charge is 0.234 e. The molecule has 1 aliphatic heterocycles. The number of anilines is 1. The van der Waals surface area contributed by atoms with E-state index in [2.05, 4.69) is 5.32 Å². The predicted molar refractivity (Wildman–Crippen MR) is 122 cm³/mol. The molecular formula is C23H24FN3O3S. The van der Waals surface area contributed by atoms with Crippen molar-refractivity contribution >= 4 is 34.1 Å². The third kappa shape index (κ3) is 4.74. The van der Waals surface area contributed by atoms with Gasteiger partial charge in [-0.1, -0.05) is 23.9 Å². The van der Waals surface area contributed by atoms with E-state index in [-0.39, 0.29) is 17.5 Å². The zero-order valence-corrected chi connectivity index (χ0v) is 18.3. The van der Waals surface area contributed by atoms with E-state index in [4.69, 9.17) is 19.5 Å². The molecule has 0 saturated heterocycles. The molecule has 0 unspecified atom stereocenters. The van der Waals surface area contributed by atoms with Gasteiger partial charge in [0, 0.05) is 17.3 Å². The minimum atomic E-state index is -0.455. The minimum Gasteiger partial charge on any atom is -0.493 e. The van der Waals surface area contributed by atoms with E-state index in [0.717, 1.165) is 25.7 Å². The lowest BCUT2D eigenvalue weighted by atomic mass is 10.1. The first-order valence-electron chi connectivity index (χ1n) is 10.1. The molecular weight excluding hydrogens is 417 g/mol. The van der Waals surface area contributed by atoms with Gasteiger partial charge in [-0.3, -0.25) is 9.79 Å². The monoisotopic (exact) mass is 441 g/mol. The van der Waals surface area contributed by atoms with Crippen LogP contribution in [0.5, 0.6) is 11.5 Å². The molecule has 4 rings (SSSR count). The van der Waals surface area contributed by atoms with E-state index in [9.17, 15) is 9.18 Å². The average molecular weight is 442 g/mol. The normalized spacial score (nSPS) is 16.7. The fourth-order valence-corrected chi connectivity index (χ4v) is 4.73. The number of hydrogen-bond donors (Lipinski definition) is 1. The molecule has 1 N–H and O–H groups in total. The van der Waals surface area contributed by atoms with Crippen LogP contribution in [0.4, 0.5) is 10.1 Å². The van der Waals surface area contributed by atoms with Crippen LogP contribution in [0.15, 0.2) is 52.4 Å². The zero-order chi connectivity index (χ0) is 21.8. The third-order valence-corrected chi connectivity index (χ3v) is 6.31. The first kappa shape index (κ1) is 21.4. The first-order chi connectivity index (χ1) is 15.0. The molecule has 6 nitrogen and oxygen atoms in total. The van der Waals surface area contributed by atoms with Crippen molar-refractivity contribution in [1.29, 1.82) is 0 Å². The molecule has 2 aliphatic rings. The van der Waals surface area contributed by atoms with E-state index in [1.807, 2.05) is 6.07 Å². The molecule has 0 aromatic heterocycles. The summed E-state index contributed by atoms with van der Waals surface area (Å²) in [4.78, 5) is 22.3. The highest BCUT2D eigenvalue weighted by molar-refractivity contribution is 8.16. The number of rotatable bonds is 6. The van der Waals surface area contributed by atoms with Crippen molar-refractivity contribution < 1.29 is 18.7 Å². The molecule has 0 bridgehead atoms. The van der Waals surface area contributed by atoms with Crippen molar-refractivity contribution in [3.05, 3.63) is 53.8 Å². The number of thioether (sulfide) groups is 1. The molecule has 2 aromatic carbocycles. The van der Waals surface area contributed by atoms with Crippen molar-refractivity contribution in [3.8, 4) is 11.5 Å². The van der Waals surface area contributed by atoms with Gasteiger partial charge in [0.15, 0.2) is 17.2 Å². The molecule has 8 heteroatoms. The number of ether oxygens (including phenoxy) is 2. The van der Waals surface area contributed by atoms with E-state index in [1.54, 1.807) is 38.5 Å². The van der Waals surface area contributed by atoms with Gasteiger partial charge in [0.2, 0.25) is 5.91 Å². The predicted octanol–water partition coefficient (Wildman–Crippen LogP) is 4.69. The summed E-state index contributed by atoms with van der Waals surface area (Å²) in [6, 6.07) is 11.6. The number of aliphatic imine (C=N–C) groups is 2. The van der Waals surface area contributed by atoms with E-state index >= 15 is 0 Å². The number of benzene rings is 2. The van der Waals surface area contributed by atoms with Crippen molar-refractivity contribution in [2.24, 2.45) is 9.98 Å². The maximum Gasteiger partial charge on any atom is 0.234 e. The van der Waals surface area contributed by atoms with Gasteiger partial charge in [-0.25, -0.2) is 9.38 Å². The lowest BCUT2D eigenvalue weighted by Crippen LogP contribution is -2.18. The molecule has 1 heterocycles. The quantitative estimate of drug-likeness (QED) is 0.706. The summed E-state index contributed by atoms with van der Waals surface area (Å²) in [5.74, 6) is 0.802. The van der Waals surface area contributed by atoms with Crippen LogP contribution in [0.2, 0.25) is 0 Å². The number of carbonyl (C=O) groups is 1. The Kier molecular flexibility index (Phi) is 6.27. The summed E-state index contributed by atoms with van der Waals surface area (Å²) >= 11 is 1.33. The number of amides is 1. The fraction of sp³-hybridized carbons (Fsp3) is 0.348. The highest BCUT2D eigenvalue weighted by Crippen LogP contribution is 2.40. The summed E-state index contributed by atoms with van der Waals surface area (Å²) in [6.45, 7) is 0. The number of nitrogens with zero attached hydrogens (tertiary/aromatic N) is 2. The molecule has 1 amide bonds. The van der Waals surface area contributed by atoms with Crippen LogP contribution in [0.1, 0.15) is 31.2 Å². The van der Waals surface area contributed by atoms with Crippen LogP contribution in [-0.4, -0.2) is 42.3 Å². The van der Waals surface area contributed by atoms with Gasteiger partial charge < -0.3 is 14.8 Å². The van der Waals surface area contributed by atoms with Crippen LogP contribution in [0.3, 0.4) is 0 Å². The van der Waals surface area contributed by atoms with Gasteiger partial charge in [0.25, 0.3) is 0 Å². The molecule has 1 fully saturated rings. The molecule has 0 atom stereocenters. The molecule has 1 spiro atoms. The highest BCUT2D eigenvalue weighted by atomic mass is 32.2. The highest BCUT2D eigenvalue weighted by Gasteiger charge is 2.39. The fourth-order valence-electron chi connectivity index (χ4n) is 3.86. The van der Waals surface area contributed by atoms with E-state index in [1.165, 1.54) is 23.9 Å². The maximum atomic E-state index is 13.8. The topological polar surface area (TPSA) is 72.3 Å². The van der Waals surface area contributed by atoms with Crippen LogP contribution in [-0.2, 0) is 4.79 Å². The maximum absolute atomic E-state index is 13.8. The number of methoxy groups -OCH3 is 2. The average Bonchev–Trinajstić information content (AvgIpc) is 3.38. The summed E-state index contributed by atoms with van der Waals surface area (Å²) in [6.07, 6.45) is 3.91. The second kappa shape index (κ2) is 9.09. The summed E-state index contributed by atoms with van der Waals surface area (Å²) < 4.78 is 24.3. The van der Waals surface area contributed by atoms with Crippen molar-refractivity contribution in [2.75, 3.05) is 25.3 Å². The van der Waals surface area contributed by atoms with Gasteiger partial charge in [0.05, 0.1) is 25.7 Å². The lowest BCUT2D eigenvalue weighted by Gasteiger charge is -2.14. The summed E-state index contributed by atoms with van der Waals surface area (Å²) in [5, 5.41) is 3.56. The van der Waals surface area contributed by atoms with Gasteiger partial charge in [-0.05, 0) is 49.9 Å². The van der Waals surface area contributed by atoms with Crippen LogP contribution < -0.4 is 14.8 Å². The van der Waals surface area contributed by atoms with Crippen molar-refractivity contribution in [3.63, 3.8) is 0 Å². The largest absolute Gasteiger partial charge is 0.493 e. The van der Waals surface area contributed by atoms with Crippen molar-refractivity contribution in [1.82, 2.24) is 0 Å². The summed E-state index contributed by atoms with van der Waals surface area (Å²) in [5.41, 5.74) is 1.52. The van der Waals surface area contributed by atoms with Gasteiger partial charge >= 0.3 is 0 Å².